The van der Waals surface area contributed by atoms with Gasteiger partial charge in [-0.15, -0.1) is 0 Å². The molecule has 0 spiro atoms. The van der Waals surface area contributed by atoms with Crippen LogP contribution in [-0.2, 0) is 14.9 Å². The Balaban J connectivity index is 0.00000208. The molecule has 0 saturated carbocycles. The Morgan fingerprint density at radius 1 is 1.17 bits per heavy atom. The Labute approximate surface area is 180 Å². The topological polar surface area (TPSA) is 107 Å². The Morgan fingerprint density at radius 2 is 1.88 bits per heavy atom. The SMILES string of the molecule is COC(=O)c1cccc2oc(-c3ccccc3S(=O)(=O)O)nc12.[KH]. The van der Waals surface area contributed by atoms with Crippen LogP contribution in [0.15, 0.2) is 51.8 Å². The van der Waals surface area contributed by atoms with Gasteiger partial charge in [0.1, 0.15) is 10.4 Å². The molecular formula is C15H12KNO6S. The Kier molecular flexibility index (Phi) is 5.97. The average Bonchev–Trinajstić information content (AvgIpc) is 2.97. The van der Waals surface area contributed by atoms with Crippen LogP contribution in [0.2, 0.25) is 0 Å². The molecule has 0 fully saturated rings. The summed E-state index contributed by atoms with van der Waals surface area (Å²) in [5.41, 5.74) is 0.846. The fraction of sp³-hybridized carbons (Fsp3) is 0.0667. The zero-order chi connectivity index (χ0) is 16.6. The van der Waals surface area contributed by atoms with Gasteiger partial charge in [0.25, 0.3) is 10.1 Å². The van der Waals surface area contributed by atoms with E-state index in [0.29, 0.717) is 5.58 Å². The van der Waals surface area contributed by atoms with Gasteiger partial charge in [-0.3, -0.25) is 4.55 Å². The molecule has 9 heteroatoms. The summed E-state index contributed by atoms with van der Waals surface area (Å²) in [5, 5.41) is 0. The van der Waals surface area contributed by atoms with Crippen molar-refractivity contribution in [2.45, 2.75) is 4.90 Å². The van der Waals surface area contributed by atoms with Crippen molar-refractivity contribution in [1.82, 2.24) is 4.98 Å². The van der Waals surface area contributed by atoms with Gasteiger partial charge in [0.05, 0.1) is 18.2 Å². The maximum absolute atomic E-state index is 11.8. The van der Waals surface area contributed by atoms with E-state index in [1.807, 2.05) is 0 Å². The van der Waals surface area contributed by atoms with Crippen molar-refractivity contribution in [2.24, 2.45) is 0 Å². The number of para-hydroxylation sites is 1. The van der Waals surface area contributed by atoms with Crippen LogP contribution in [0.1, 0.15) is 10.4 Å². The number of benzene rings is 2. The van der Waals surface area contributed by atoms with E-state index >= 15 is 0 Å². The molecule has 0 amide bonds. The average molecular weight is 373 g/mol. The van der Waals surface area contributed by atoms with E-state index in [4.69, 9.17) is 4.42 Å². The number of carbonyl (C=O) groups is 1. The van der Waals surface area contributed by atoms with Gasteiger partial charge in [-0.1, -0.05) is 18.2 Å². The van der Waals surface area contributed by atoms with Crippen LogP contribution < -0.4 is 0 Å². The van der Waals surface area contributed by atoms with Crippen molar-refractivity contribution in [3.8, 4) is 11.5 Å². The first-order valence-corrected chi connectivity index (χ1v) is 7.90. The summed E-state index contributed by atoms with van der Waals surface area (Å²) < 4.78 is 42.5. The standard InChI is InChI=1S/C15H11NO6S.K.H/c1-21-15(17)10-6-4-7-11-13(10)16-14(22-11)9-5-2-3-8-12(9)23(18,19)20;;/h2-8H,1H3,(H,18,19,20);;. The van der Waals surface area contributed by atoms with Gasteiger partial charge < -0.3 is 9.15 Å². The van der Waals surface area contributed by atoms with Crippen LogP contribution in [0.25, 0.3) is 22.6 Å². The van der Waals surface area contributed by atoms with Crippen LogP contribution in [0.4, 0.5) is 0 Å². The third-order valence-corrected chi connectivity index (χ3v) is 4.13. The molecule has 3 aromatic rings. The number of aromatic nitrogens is 1. The number of hydrogen-bond acceptors (Lipinski definition) is 6. The number of carbonyl (C=O) groups excluding carboxylic acids is 1. The quantitative estimate of drug-likeness (QED) is 0.424. The molecule has 0 radical (unpaired) electrons. The predicted molar refractivity (Wildman–Crippen MR) is 87.7 cm³/mol. The van der Waals surface area contributed by atoms with E-state index in [2.05, 4.69) is 9.72 Å². The number of esters is 1. The van der Waals surface area contributed by atoms with E-state index in [1.165, 1.54) is 31.4 Å². The normalized spacial score (nSPS) is 11.1. The number of methoxy groups -OCH3 is 1. The fourth-order valence-corrected chi connectivity index (χ4v) is 2.89. The Bertz CT molecular complexity index is 1010. The maximum atomic E-state index is 11.8. The second kappa shape index (κ2) is 7.44. The second-order valence-corrected chi connectivity index (χ2v) is 6.02. The van der Waals surface area contributed by atoms with Crippen LogP contribution >= 0.6 is 0 Å². The van der Waals surface area contributed by atoms with Crippen LogP contribution in [-0.4, -0.2) is 82.4 Å². The molecule has 1 heterocycles. The number of fused-ring (bicyclic) bond motifs is 1. The predicted octanol–water partition coefficient (Wildman–Crippen LogP) is 1.88. The van der Waals surface area contributed by atoms with E-state index in [1.54, 1.807) is 18.2 Å². The summed E-state index contributed by atoms with van der Waals surface area (Å²) in [6.07, 6.45) is 0. The summed E-state index contributed by atoms with van der Waals surface area (Å²) >= 11 is 0. The molecular weight excluding hydrogens is 361 g/mol. The second-order valence-electron chi connectivity index (χ2n) is 4.63. The molecule has 0 aliphatic carbocycles. The van der Waals surface area contributed by atoms with Gasteiger partial charge >= 0.3 is 57.4 Å². The van der Waals surface area contributed by atoms with E-state index < -0.39 is 16.1 Å². The van der Waals surface area contributed by atoms with Crippen molar-refractivity contribution in [3.05, 3.63) is 48.0 Å². The molecule has 2 aromatic carbocycles. The molecule has 0 aliphatic heterocycles. The summed E-state index contributed by atoms with van der Waals surface area (Å²) in [7, 11) is -3.20. The van der Waals surface area contributed by atoms with Gasteiger partial charge in [0.2, 0.25) is 5.89 Å². The number of oxazole rings is 1. The first-order valence-electron chi connectivity index (χ1n) is 6.46. The first-order chi connectivity index (χ1) is 10.9. The van der Waals surface area contributed by atoms with Crippen molar-refractivity contribution in [3.63, 3.8) is 0 Å². The van der Waals surface area contributed by atoms with Gasteiger partial charge in [-0.25, -0.2) is 9.78 Å². The first kappa shape index (κ1) is 19.3. The Hall–Kier alpha value is -1.07. The minimum absolute atomic E-state index is 0. The molecule has 0 aliphatic rings. The number of hydrogen-bond donors (Lipinski definition) is 1. The third kappa shape index (κ3) is 3.62. The fourth-order valence-electron chi connectivity index (χ4n) is 2.21. The van der Waals surface area contributed by atoms with Crippen molar-refractivity contribution < 1.29 is 26.9 Å². The molecule has 3 rings (SSSR count). The monoisotopic (exact) mass is 373 g/mol. The van der Waals surface area contributed by atoms with E-state index in [-0.39, 0.29) is 78.8 Å². The molecule has 1 N–H and O–H groups in total. The van der Waals surface area contributed by atoms with Crippen LogP contribution in [0, 0.1) is 0 Å². The summed E-state index contributed by atoms with van der Waals surface area (Å²) in [4.78, 5) is 15.6. The van der Waals surface area contributed by atoms with Crippen LogP contribution in [0.3, 0.4) is 0 Å². The summed E-state index contributed by atoms with van der Waals surface area (Å²) in [5.74, 6) is -0.608. The zero-order valence-electron chi connectivity index (χ0n) is 11.9. The van der Waals surface area contributed by atoms with Crippen molar-refractivity contribution in [1.29, 1.82) is 0 Å². The summed E-state index contributed by atoms with van der Waals surface area (Å²) in [6.45, 7) is 0. The van der Waals surface area contributed by atoms with Gasteiger partial charge in [0.15, 0.2) is 5.58 Å². The van der Waals surface area contributed by atoms with E-state index in [0.717, 1.165) is 0 Å². The molecule has 0 bridgehead atoms. The third-order valence-electron chi connectivity index (χ3n) is 3.22. The van der Waals surface area contributed by atoms with Crippen molar-refractivity contribution in [2.75, 3.05) is 7.11 Å². The van der Waals surface area contributed by atoms with Crippen molar-refractivity contribution >= 4 is 78.6 Å². The number of rotatable bonds is 3. The van der Waals surface area contributed by atoms with E-state index in [9.17, 15) is 17.8 Å². The molecule has 1 aromatic heterocycles. The summed E-state index contributed by atoms with van der Waals surface area (Å²) in [6, 6.07) is 10.4. The molecule has 24 heavy (non-hydrogen) atoms. The van der Waals surface area contributed by atoms with Crippen LogP contribution in [0.5, 0.6) is 0 Å². The van der Waals surface area contributed by atoms with Gasteiger partial charge in [-0.05, 0) is 24.3 Å². The molecule has 0 saturated heterocycles. The number of ether oxygens (including phenoxy) is 1. The molecule has 0 unspecified atom stereocenters. The molecule has 7 nitrogen and oxygen atoms in total. The molecule has 0 atom stereocenters. The minimum atomic E-state index is -4.44. The number of nitrogens with zero attached hydrogens (tertiary/aromatic N) is 1. The molecule has 120 valence electrons. The van der Waals surface area contributed by atoms with Gasteiger partial charge in [-0.2, -0.15) is 8.42 Å². The Morgan fingerprint density at radius 3 is 2.54 bits per heavy atom. The zero-order valence-corrected chi connectivity index (χ0v) is 12.7. The van der Waals surface area contributed by atoms with Gasteiger partial charge in [0, 0.05) is 0 Å².